The van der Waals surface area contributed by atoms with Crippen molar-refractivity contribution in [3.63, 3.8) is 0 Å². The summed E-state index contributed by atoms with van der Waals surface area (Å²) in [5.41, 5.74) is 0.712. The van der Waals surface area contributed by atoms with Gasteiger partial charge >= 0.3 is 5.97 Å². The van der Waals surface area contributed by atoms with E-state index in [0.29, 0.717) is 22.2 Å². The summed E-state index contributed by atoms with van der Waals surface area (Å²) in [5.74, 6) is -0.909. The van der Waals surface area contributed by atoms with Gasteiger partial charge in [-0.15, -0.1) is 0 Å². The summed E-state index contributed by atoms with van der Waals surface area (Å²) in [6.45, 7) is 4.02. The fourth-order valence-electron chi connectivity index (χ4n) is 1.44. The molecule has 0 bridgehead atoms. The third-order valence-corrected chi connectivity index (χ3v) is 3.31. The number of ether oxygens (including phenoxy) is 1. The lowest BCUT2D eigenvalue weighted by Gasteiger charge is -2.11. The first kappa shape index (κ1) is 17.5. The molecule has 0 saturated carbocycles. The van der Waals surface area contributed by atoms with Gasteiger partial charge < -0.3 is 10.1 Å². The number of hydrogen-bond acceptors (Lipinski definition) is 3. The molecule has 1 aromatic carbocycles. The van der Waals surface area contributed by atoms with Crippen LogP contribution in [0.3, 0.4) is 0 Å². The summed E-state index contributed by atoms with van der Waals surface area (Å²) in [4.78, 5) is 23.2. The molecule has 1 atom stereocenters. The standard InChI is InChI=1S/C15H17Cl2NO3/c1-3-8-18-15(20)10(2)21-14(19)7-5-11-4-6-12(16)13(17)9-11/h4-7,9-10H,3,8H2,1-2H3,(H,18,20)/b7-5+/t10-/m1/s1. The lowest BCUT2D eigenvalue weighted by atomic mass is 10.2. The smallest absolute Gasteiger partial charge is 0.331 e. The van der Waals surface area contributed by atoms with Crippen LogP contribution in [0.2, 0.25) is 10.0 Å². The van der Waals surface area contributed by atoms with Crippen molar-refractivity contribution in [3.05, 3.63) is 39.9 Å². The molecule has 0 fully saturated rings. The minimum absolute atomic E-state index is 0.312. The molecule has 4 nitrogen and oxygen atoms in total. The molecule has 0 aliphatic carbocycles. The van der Waals surface area contributed by atoms with Crippen LogP contribution in [0.4, 0.5) is 0 Å². The molecule has 0 aliphatic rings. The zero-order chi connectivity index (χ0) is 15.8. The number of rotatable bonds is 6. The minimum atomic E-state index is -0.831. The van der Waals surface area contributed by atoms with Gasteiger partial charge in [0.05, 0.1) is 10.0 Å². The molecule has 0 saturated heterocycles. The zero-order valence-corrected chi connectivity index (χ0v) is 13.4. The first-order valence-electron chi connectivity index (χ1n) is 6.55. The monoisotopic (exact) mass is 329 g/mol. The lowest BCUT2D eigenvalue weighted by Crippen LogP contribution is -2.35. The number of esters is 1. The second-order valence-electron chi connectivity index (χ2n) is 4.38. The first-order valence-corrected chi connectivity index (χ1v) is 7.31. The predicted octanol–water partition coefficient (Wildman–Crippen LogP) is 3.46. The minimum Gasteiger partial charge on any atom is -0.449 e. The van der Waals surface area contributed by atoms with Gasteiger partial charge in [-0.3, -0.25) is 4.79 Å². The van der Waals surface area contributed by atoms with Crippen molar-refractivity contribution in [2.75, 3.05) is 6.54 Å². The number of halogens is 2. The molecule has 0 heterocycles. The van der Waals surface area contributed by atoms with E-state index in [2.05, 4.69) is 5.32 Å². The van der Waals surface area contributed by atoms with Crippen LogP contribution in [-0.2, 0) is 14.3 Å². The van der Waals surface area contributed by atoms with Crippen LogP contribution in [0.25, 0.3) is 6.08 Å². The normalized spacial score (nSPS) is 12.2. The van der Waals surface area contributed by atoms with Crippen molar-refractivity contribution >= 4 is 41.2 Å². The Labute approximate surface area is 134 Å². The topological polar surface area (TPSA) is 55.4 Å². The number of carbonyl (C=O) groups excluding carboxylic acids is 2. The van der Waals surface area contributed by atoms with E-state index in [1.807, 2.05) is 6.92 Å². The van der Waals surface area contributed by atoms with Gasteiger partial charge in [0.1, 0.15) is 0 Å². The maximum atomic E-state index is 11.6. The van der Waals surface area contributed by atoms with Crippen molar-refractivity contribution < 1.29 is 14.3 Å². The largest absolute Gasteiger partial charge is 0.449 e. The van der Waals surface area contributed by atoms with E-state index < -0.39 is 12.1 Å². The quantitative estimate of drug-likeness (QED) is 0.642. The van der Waals surface area contributed by atoms with Crippen molar-refractivity contribution in [2.45, 2.75) is 26.4 Å². The molecular formula is C15H17Cl2NO3. The molecule has 0 radical (unpaired) electrons. The third-order valence-electron chi connectivity index (χ3n) is 2.57. The molecule has 1 amide bonds. The molecule has 21 heavy (non-hydrogen) atoms. The maximum Gasteiger partial charge on any atom is 0.331 e. The number of amides is 1. The Balaban J connectivity index is 2.54. The Morgan fingerprint density at radius 2 is 2.05 bits per heavy atom. The van der Waals surface area contributed by atoms with Gasteiger partial charge in [0, 0.05) is 12.6 Å². The SMILES string of the molecule is CCCNC(=O)[C@@H](C)OC(=O)/C=C/c1ccc(Cl)c(Cl)c1. The molecule has 114 valence electrons. The first-order chi connectivity index (χ1) is 9.93. The molecule has 0 unspecified atom stereocenters. The Hall–Kier alpha value is -1.52. The Bertz CT molecular complexity index is 544. The lowest BCUT2D eigenvalue weighted by molar-refractivity contribution is -0.150. The molecule has 1 N–H and O–H groups in total. The van der Waals surface area contributed by atoms with Gasteiger partial charge in [-0.05, 0) is 37.1 Å². The Morgan fingerprint density at radius 3 is 2.67 bits per heavy atom. The fraction of sp³-hybridized carbons (Fsp3) is 0.333. The van der Waals surface area contributed by atoms with Crippen LogP contribution in [0.15, 0.2) is 24.3 Å². The van der Waals surface area contributed by atoms with E-state index >= 15 is 0 Å². The number of benzene rings is 1. The highest BCUT2D eigenvalue weighted by Crippen LogP contribution is 2.23. The second kappa shape index (κ2) is 8.70. The van der Waals surface area contributed by atoms with Gasteiger partial charge in [-0.1, -0.05) is 36.2 Å². The van der Waals surface area contributed by atoms with Crippen LogP contribution in [0, 0.1) is 0 Å². The molecule has 1 aromatic rings. The fourth-order valence-corrected chi connectivity index (χ4v) is 1.75. The van der Waals surface area contributed by atoms with Gasteiger partial charge in [0.25, 0.3) is 5.91 Å². The van der Waals surface area contributed by atoms with Gasteiger partial charge in [0.15, 0.2) is 6.10 Å². The maximum absolute atomic E-state index is 11.6. The van der Waals surface area contributed by atoms with Gasteiger partial charge in [-0.25, -0.2) is 4.79 Å². The Morgan fingerprint density at radius 1 is 1.33 bits per heavy atom. The molecule has 0 spiro atoms. The van der Waals surface area contributed by atoms with E-state index in [1.54, 1.807) is 24.3 Å². The summed E-state index contributed by atoms with van der Waals surface area (Å²) in [7, 11) is 0. The summed E-state index contributed by atoms with van der Waals surface area (Å²) in [5, 5.41) is 3.50. The van der Waals surface area contributed by atoms with Gasteiger partial charge in [0.2, 0.25) is 0 Å². The van der Waals surface area contributed by atoms with E-state index in [0.717, 1.165) is 6.42 Å². The van der Waals surface area contributed by atoms with Crippen molar-refractivity contribution in [2.24, 2.45) is 0 Å². The number of hydrogen-bond donors (Lipinski definition) is 1. The highest BCUT2D eigenvalue weighted by atomic mass is 35.5. The van der Waals surface area contributed by atoms with Gasteiger partial charge in [-0.2, -0.15) is 0 Å². The predicted molar refractivity (Wildman–Crippen MR) is 84.4 cm³/mol. The van der Waals surface area contributed by atoms with Crippen molar-refractivity contribution in [3.8, 4) is 0 Å². The average molecular weight is 330 g/mol. The summed E-state index contributed by atoms with van der Waals surface area (Å²) in [6.07, 6.45) is 2.77. The molecule has 1 rings (SSSR count). The van der Waals surface area contributed by atoms with Crippen molar-refractivity contribution in [1.82, 2.24) is 5.32 Å². The highest BCUT2D eigenvalue weighted by molar-refractivity contribution is 6.42. The van der Waals surface area contributed by atoms with E-state index in [4.69, 9.17) is 27.9 Å². The molecule has 0 aromatic heterocycles. The van der Waals surface area contributed by atoms with Crippen LogP contribution in [-0.4, -0.2) is 24.5 Å². The van der Waals surface area contributed by atoms with Crippen LogP contribution in [0.5, 0.6) is 0 Å². The average Bonchev–Trinajstić information content (AvgIpc) is 2.45. The van der Waals surface area contributed by atoms with Crippen LogP contribution >= 0.6 is 23.2 Å². The second-order valence-corrected chi connectivity index (χ2v) is 5.19. The summed E-state index contributed by atoms with van der Waals surface area (Å²) < 4.78 is 4.99. The summed E-state index contributed by atoms with van der Waals surface area (Å²) >= 11 is 11.7. The molecule has 0 aliphatic heterocycles. The number of carbonyl (C=O) groups is 2. The number of nitrogens with one attached hydrogen (secondary N) is 1. The third kappa shape index (κ3) is 6.19. The summed E-state index contributed by atoms with van der Waals surface area (Å²) in [6, 6.07) is 4.98. The van der Waals surface area contributed by atoms with E-state index in [1.165, 1.54) is 13.0 Å². The van der Waals surface area contributed by atoms with E-state index in [9.17, 15) is 9.59 Å². The Kier molecular flexibility index (Phi) is 7.26. The van der Waals surface area contributed by atoms with Crippen molar-refractivity contribution in [1.29, 1.82) is 0 Å². The van der Waals surface area contributed by atoms with E-state index in [-0.39, 0.29) is 5.91 Å². The molecule has 6 heteroatoms. The molecular weight excluding hydrogens is 313 g/mol. The van der Waals surface area contributed by atoms with Crippen LogP contribution in [0.1, 0.15) is 25.8 Å². The zero-order valence-electron chi connectivity index (χ0n) is 11.9. The van der Waals surface area contributed by atoms with Crippen LogP contribution < -0.4 is 5.32 Å². The highest BCUT2D eigenvalue weighted by Gasteiger charge is 2.15.